The van der Waals surface area contributed by atoms with Crippen LogP contribution in [-0.4, -0.2) is 24.9 Å². The molecule has 27 heavy (non-hydrogen) atoms. The number of hydrogen-bond acceptors (Lipinski definition) is 6. The lowest BCUT2D eigenvalue weighted by Crippen LogP contribution is -2.32. The smallest absolute Gasteiger partial charge is 0.387 e. The third kappa shape index (κ3) is 5.23. The quantitative estimate of drug-likeness (QED) is 0.669. The number of aromatic nitrogens is 1. The van der Waals surface area contributed by atoms with E-state index in [-0.39, 0.29) is 21.5 Å². The minimum Gasteiger partial charge on any atom is -0.435 e. The van der Waals surface area contributed by atoms with E-state index in [4.69, 9.17) is 15.3 Å². The maximum absolute atomic E-state index is 12.7. The van der Waals surface area contributed by atoms with Gasteiger partial charge in [0.2, 0.25) is 0 Å². The van der Waals surface area contributed by atoms with Crippen LogP contribution in [-0.2, 0) is 11.3 Å². The van der Waals surface area contributed by atoms with Gasteiger partial charge in [0.15, 0.2) is 5.57 Å². The zero-order valence-corrected chi connectivity index (χ0v) is 15.1. The van der Waals surface area contributed by atoms with Crippen LogP contribution in [0.4, 0.5) is 8.78 Å². The largest absolute Gasteiger partial charge is 0.435 e. The third-order valence-electron chi connectivity index (χ3n) is 3.48. The van der Waals surface area contributed by atoms with Crippen LogP contribution in [0.2, 0.25) is 0 Å². The predicted octanol–water partition coefficient (Wildman–Crippen LogP) is 1.57. The van der Waals surface area contributed by atoms with Crippen molar-refractivity contribution in [1.82, 2.24) is 4.57 Å². The standard InChI is InChI=1S/C18H15F2N3O3S/c1-25-8-2-7-23-16(24)15(27-17(23)13(10-21)11-22)9-12-3-5-14(6-4-12)26-18(19)20/h3-6,9,18H,2,7-8H2,1H3/b15-9-. The fourth-order valence-corrected chi connectivity index (χ4v) is 3.37. The summed E-state index contributed by atoms with van der Waals surface area (Å²) in [4.78, 5) is 12.7. The van der Waals surface area contributed by atoms with Gasteiger partial charge in [-0.05, 0) is 30.2 Å². The van der Waals surface area contributed by atoms with Crippen LogP contribution in [0.15, 0.2) is 29.1 Å². The van der Waals surface area contributed by atoms with E-state index < -0.39 is 6.61 Å². The Balaban J connectivity index is 2.51. The number of benzene rings is 1. The molecule has 6 nitrogen and oxygen atoms in total. The number of nitriles is 2. The Morgan fingerprint density at radius 3 is 2.52 bits per heavy atom. The molecule has 1 heterocycles. The van der Waals surface area contributed by atoms with Crippen molar-refractivity contribution in [3.05, 3.63) is 49.4 Å². The fourth-order valence-electron chi connectivity index (χ4n) is 2.29. The van der Waals surface area contributed by atoms with E-state index in [1.807, 2.05) is 0 Å². The predicted molar refractivity (Wildman–Crippen MR) is 95.6 cm³/mol. The molecule has 0 aliphatic heterocycles. The Kier molecular flexibility index (Phi) is 7.24. The van der Waals surface area contributed by atoms with Gasteiger partial charge in [-0.25, -0.2) is 0 Å². The highest BCUT2D eigenvalue weighted by Gasteiger charge is 2.09. The van der Waals surface area contributed by atoms with Gasteiger partial charge in [-0.1, -0.05) is 12.1 Å². The molecule has 2 rings (SSSR count). The molecule has 1 aromatic carbocycles. The van der Waals surface area contributed by atoms with Gasteiger partial charge in [-0.2, -0.15) is 19.3 Å². The van der Waals surface area contributed by atoms with Crippen LogP contribution in [0.25, 0.3) is 11.6 Å². The number of ether oxygens (including phenoxy) is 2. The lowest BCUT2D eigenvalue weighted by molar-refractivity contribution is -0.0498. The first kappa shape index (κ1) is 20.3. The number of thiazole rings is 1. The zero-order chi connectivity index (χ0) is 19.8. The summed E-state index contributed by atoms with van der Waals surface area (Å²) in [5.74, 6) is 0.00979. The van der Waals surface area contributed by atoms with Gasteiger partial charge in [-0.3, -0.25) is 9.36 Å². The van der Waals surface area contributed by atoms with Crippen LogP contribution in [0, 0.1) is 22.7 Å². The lowest BCUT2D eigenvalue weighted by atomic mass is 10.2. The van der Waals surface area contributed by atoms with Crippen LogP contribution < -0.4 is 19.5 Å². The Morgan fingerprint density at radius 1 is 1.30 bits per heavy atom. The first-order valence-corrected chi connectivity index (χ1v) is 8.61. The van der Waals surface area contributed by atoms with E-state index in [1.165, 1.54) is 28.8 Å². The second-order valence-electron chi connectivity index (χ2n) is 5.27. The molecule has 9 heteroatoms. The molecule has 0 spiro atoms. The van der Waals surface area contributed by atoms with E-state index in [0.29, 0.717) is 29.7 Å². The molecule has 0 aliphatic rings. The van der Waals surface area contributed by atoms with Crippen LogP contribution >= 0.6 is 11.3 Å². The van der Waals surface area contributed by atoms with Crippen LogP contribution in [0.5, 0.6) is 5.75 Å². The fraction of sp³-hybridized carbons (Fsp3) is 0.278. The van der Waals surface area contributed by atoms with E-state index >= 15 is 0 Å². The summed E-state index contributed by atoms with van der Waals surface area (Å²) in [6.45, 7) is -2.17. The van der Waals surface area contributed by atoms with Crippen molar-refractivity contribution in [3.63, 3.8) is 0 Å². The summed E-state index contributed by atoms with van der Waals surface area (Å²) >= 11 is 1.03. The van der Waals surface area contributed by atoms with Crippen LogP contribution in [0.3, 0.4) is 0 Å². The van der Waals surface area contributed by atoms with E-state index in [2.05, 4.69) is 4.74 Å². The maximum Gasteiger partial charge on any atom is 0.387 e. The number of nitrogens with zero attached hydrogens (tertiary/aromatic N) is 3. The Bertz CT molecular complexity index is 1030. The summed E-state index contributed by atoms with van der Waals surface area (Å²) in [6, 6.07) is 9.40. The minimum absolute atomic E-state index is 0.00979. The molecule has 140 valence electrons. The Labute approximate surface area is 157 Å². The van der Waals surface area contributed by atoms with Gasteiger partial charge in [0, 0.05) is 20.3 Å². The van der Waals surface area contributed by atoms with E-state index in [0.717, 1.165) is 11.3 Å². The first-order chi connectivity index (χ1) is 13.0. The van der Waals surface area contributed by atoms with E-state index in [1.54, 1.807) is 25.3 Å². The number of alkyl halides is 2. The monoisotopic (exact) mass is 391 g/mol. The first-order valence-electron chi connectivity index (χ1n) is 7.79. The van der Waals surface area contributed by atoms with Crippen molar-refractivity contribution >= 4 is 23.0 Å². The Hall–Kier alpha value is -3.01. The highest BCUT2D eigenvalue weighted by molar-refractivity contribution is 7.07. The molecule has 0 radical (unpaired) electrons. The summed E-state index contributed by atoms with van der Waals surface area (Å²) < 4.78 is 35.7. The third-order valence-corrected chi connectivity index (χ3v) is 4.61. The van der Waals surface area contributed by atoms with Crippen LogP contribution in [0.1, 0.15) is 12.0 Å². The highest BCUT2D eigenvalue weighted by Crippen LogP contribution is 2.15. The van der Waals surface area contributed by atoms with Gasteiger partial charge < -0.3 is 9.47 Å². The molecule has 2 aromatic rings. The molecule has 0 saturated heterocycles. The number of hydrogen-bond donors (Lipinski definition) is 0. The number of rotatable bonds is 7. The molecule has 0 aliphatic carbocycles. The summed E-state index contributed by atoms with van der Waals surface area (Å²) in [5, 5.41) is 18.3. The minimum atomic E-state index is -2.91. The van der Waals surface area contributed by atoms with E-state index in [9.17, 15) is 13.6 Å². The summed E-state index contributed by atoms with van der Waals surface area (Å²) in [6.07, 6.45) is 2.12. The molecule has 1 aromatic heterocycles. The number of methoxy groups -OCH3 is 1. The van der Waals surface area contributed by atoms with Gasteiger partial charge in [-0.15, -0.1) is 11.3 Å². The lowest BCUT2D eigenvalue weighted by Gasteiger charge is -2.03. The SMILES string of the molecule is COCCCn1c(=C(C#N)C#N)s/c(=C\c2ccc(OC(F)F)cc2)c1=O. The van der Waals surface area contributed by atoms with Crippen molar-refractivity contribution in [2.45, 2.75) is 19.6 Å². The second kappa shape index (κ2) is 9.62. The van der Waals surface area contributed by atoms with Gasteiger partial charge >= 0.3 is 6.61 Å². The van der Waals surface area contributed by atoms with Crippen molar-refractivity contribution in [2.24, 2.45) is 0 Å². The molecule has 0 unspecified atom stereocenters. The molecule has 0 amide bonds. The number of halogens is 2. The molecule has 0 N–H and O–H groups in total. The van der Waals surface area contributed by atoms with Crippen molar-refractivity contribution in [3.8, 4) is 17.9 Å². The topological polar surface area (TPSA) is 88.0 Å². The molecule has 0 bridgehead atoms. The normalized spacial score (nSPS) is 11.3. The van der Waals surface area contributed by atoms with Gasteiger partial charge in [0.1, 0.15) is 22.6 Å². The van der Waals surface area contributed by atoms with Gasteiger partial charge in [0.25, 0.3) is 5.56 Å². The average Bonchev–Trinajstić information content (AvgIpc) is 2.94. The molecule has 0 fully saturated rings. The molecular formula is C18H15F2N3O3S. The summed E-state index contributed by atoms with van der Waals surface area (Å²) in [5.41, 5.74) is 0.123. The second-order valence-corrected chi connectivity index (χ2v) is 6.30. The highest BCUT2D eigenvalue weighted by atomic mass is 32.1. The Morgan fingerprint density at radius 2 is 1.96 bits per heavy atom. The van der Waals surface area contributed by atoms with Crippen molar-refractivity contribution in [2.75, 3.05) is 13.7 Å². The molecule has 0 saturated carbocycles. The maximum atomic E-state index is 12.7. The zero-order valence-electron chi connectivity index (χ0n) is 14.3. The van der Waals surface area contributed by atoms with Crippen molar-refractivity contribution in [1.29, 1.82) is 10.5 Å². The van der Waals surface area contributed by atoms with Gasteiger partial charge in [0.05, 0.1) is 4.53 Å². The average molecular weight is 391 g/mol. The summed E-state index contributed by atoms with van der Waals surface area (Å²) in [7, 11) is 1.54. The molecule has 0 atom stereocenters. The molecular weight excluding hydrogens is 376 g/mol. The van der Waals surface area contributed by atoms with Crippen molar-refractivity contribution < 1.29 is 18.3 Å².